The first-order valence-corrected chi connectivity index (χ1v) is 8.26. The fourth-order valence-corrected chi connectivity index (χ4v) is 2.96. The normalized spacial score (nSPS) is 15.7. The minimum Gasteiger partial charge on any atom is -0.321 e. The molecule has 0 aliphatic carbocycles. The predicted molar refractivity (Wildman–Crippen MR) is 90.3 cm³/mol. The van der Waals surface area contributed by atoms with Crippen LogP contribution >= 0.6 is 15.9 Å². The van der Waals surface area contributed by atoms with Crippen molar-refractivity contribution in [3.8, 4) is 0 Å². The number of anilines is 1. The second kappa shape index (κ2) is 6.62. The SMILES string of the molecule is Cc1cc(NC(=O)c2cc(C3CCNCC3)[nH]n2)ccc1Br. The predicted octanol–water partition coefficient (Wildman–Crippen LogP) is 3.20. The fourth-order valence-electron chi connectivity index (χ4n) is 2.71. The highest BCUT2D eigenvalue weighted by atomic mass is 79.9. The van der Waals surface area contributed by atoms with E-state index >= 15 is 0 Å². The van der Waals surface area contributed by atoms with Gasteiger partial charge in [0.2, 0.25) is 0 Å². The number of benzene rings is 1. The summed E-state index contributed by atoms with van der Waals surface area (Å²) in [5, 5.41) is 13.4. The zero-order valence-corrected chi connectivity index (χ0v) is 14.0. The number of H-pyrrole nitrogens is 1. The van der Waals surface area contributed by atoms with E-state index in [1.54, 1.807) is 0 Å². The molecule has 1 amide bonds. The zero-order valence-electron chi connectivity index (χ0n) is 12.4. The molecule has 0 saturated carbocycles. The molecule has 0 spiro atoms. The van der Waals surface area contributed by atoms with Crippen molar-refractivity contribution in [2.75, 3.05) is 18.4 Å². The first-order valence-electron chi connectivity index (χ1n) is 7.47. The maximum Gasteiger partial charge on any atom is 0.276 e. The Balaban J connectivity index is 1.69. The van der Waals surface area contributed by atoms with Gasteiger partial charge in [0.25, 0.3) is 5.91 Å². The van der Waals surface area contributed by atoms with Crippen molar-refractivity contribution >= 4 is 27.5 Å². The van der Waals surface area contributed by atoms with Gasteiger partial charge in [0.05, 0.1) is 0 Å². The highest BCUT2D eigenvalue weighted by Gasteiger charge is 2.19. The molecule has 3 rings (SSSR count). The van der Waals surface area contributed by atoms with Crippen molar-refractivity contribution < 1.29 is 4.79 Å². The van der Waals surface area contributed by atoms with Gasteiger partial charge in [-0.2, -0.15) is 5.10 Å². The first kappa shape index (κ1) is 15.2. The summed E-state index contributed by atoms with van der Waals surface area (Å²) in [6.45, 7) is 4.02. The summed E-state index contributed by atoms with van der Waals surface area (Å²) in [6.07, 6.45) is 2.16. The first-order chi connectivity index (χ1) is 10.6. The van der Waals surface area contributed by atoms with Crippen molar-refractivity contribution in [2.45, 2.75) is 25.7 Å². The monoisotopic (exact) mass is 362 g/mol. The molecule has 0 bridgehead atoms. The van der Waals surface area contributed by atoms with Gasteiger partial charge in [0.1, 0.15) is 0 Å². The molecule has 2 aromatic rings. The second-order valence-electron chi connectivity index (χ2n) is 5.65. The van der Waals surface area contributed by atoms with Crippen molar-refractivity contribution in [1.82, 2.24) is 15.5 Å². The van der Waals surface area contributed by atoms with Crippen LogP contribution in [0.5, 0.6) is 0 Å². The van der Waals surface area contributed by atoms with Crippen molar-refractivity contribution in [1.29, 1.82) is 0 Å². The van der Waals surface area contributed by atoms with Gasteiger partial charge in [-0.25, -0.2) is 0 Å². The molecule has 1 aliphatic rings. The summed E-state index contributed by atoms with van der Waals surface area (Å²) in [5.41, 5.74) is 3.35. The lowest BCUT2D eigenvalue weighted by molar-refractivity contribution is 0.102. The van der Waals surface area contributed by atoms with E-state index in [0.29, 0.717) is 11.6 Å². The van der Waals surface area contributed by atoms with Crippen molar-refractivity contribution in [3.05, 3.63) is 45.7 Å². The second-order valence-corrected chi connectivity index (χ2v) is 6.51. The van der Waals surface area contributed by atoms with Gasteiger partial charge >= 0.3 is 0 Å². The Morgan fingerprint density at radius 3 is 2.82 bits per heavy atom. The van der Waals surface area contributed by atoms with Crippen LogP contribution in [-0.4, -0.2) is 29.2 Å². The maximum atomic E-state index is 12.3. The number of nitrogens with one attached hydrogen (secondary N) is 3. The molecule has 3 N–H and O–H groups in total. The van der Waals surface area contributed by atoms with E-state index in [1.165, 1.54) is 0 Å². The Hall–Kier alpha value is -1.66. The third kappa shape index (κ3) is 3.39. The number of aromatic nitrogens is 2. The van der Waals surface area contributed by atoms with Gasteiger partial charge in [-0.1, -0.05) is 15.9 Å². The standard InChI is InChI=1S/C16H19BrN4O/c1-10-8-12(2-3-13(10)17)19-16(22)15-9-14(20-21-15)11-4-6-18-7-5-11/h2-3,8-9,11,18H,4-7H2,1H3,(H,19,22)(H,20,21). The molecule has 22 heavy (non-hydrogen) atoms. The smallest absolute Gasteiger partial charge is 0.276 e. The molecule has 1 saturated heterocycles. The van der Waals surface area contributed by atoms with Crippen molar-refractivity contribution in [2.24, 2.45) is 0 Å². The molecule has 1 fully saturated rings. The third-order valence-electron chi connectivity index (χ3n) is 4.03. The van der Waals surface area contributed by atoms with Crippen LogP contribution in [0.3, 0.4) is 0 Å². The van der Waals surface area contributed by atoms with Crippen molar-refractivity contribution in [3.63, 3.8) is 0 Å². The summed E-state index contributed by atoms with van der Waals surface area (Å²) in [6, 6.07) is 7.60. The Morgan fingerprint density at radius 1 is 1.32 bits per heavy atom. The fraction of sp³-hybridized carbons (Fsp3) is 0.375. The van der Waals surface area contributed by atoms with Gasteiger partial charge in [-0.05, 0) is 62.7 Å². The molecule has 6 heteroatoms. The summed E-state index contributed by atoms with van der Waals surface area (Å²) in [7, 11) is 0. The summed E-state index contributed by atoms with van der Waals surface area (Å²) >= 11 is 3.45. The number of aromatic amines is 1. The largest absolute Gasteiger partial charge is 0.321 e. The van der Waals surface area contributed by atoms with Gasteiger partial charge in [0.15, 0.2) is 5.69 Å². The summed E-state index contributed by atoms with van der Waals surface area (Å²) in [5.74, 6) is 0.281. The highest BCUT2D eigenvalue weighted by molar-refractivity contribution is 9.10. The van der Waals surface area contributed by atoms with Crippen LogP contribution in [-0.2, 0) is 0 Å². The van der Waals surface area contributed by atoms with Crippen LogP contribution in [0.4, 0.5) is 5.69 Å². The van der Waals surface area contributed by atoms with E-state index in [9.17, 15) is 4.79 Å². The average molecular weight is 363 g/mol. The number of hydrogen-bond acceptors (Lipinski definition) is 3. The lowest BCUT2D eigenvalue weighted by Gasteiger charge is -2.20. The molecule has 5 nitrogen and oxygen atoms in total. The minimum absolute atomic E-state index is 0.182. The van der Waals surface area contributed by atoms with E-state index in [1.807, 2.05) is 31.2 Å². The van der Waals surface area contributed by atoms with Gasteiger partial charge in [-0.15, -0.1) is 0 Å². The lowest BCUT2D eigenvalue weighted by Crippen LogP contribution is -2.26. The van der Waals surface area contributed by atoms with Gasteiger partial charge < -0.3 is 10.6 Å². The third-order valence-corrected chi connectivity index (χ3v) is 4.91. The number of nitrogens with zero attached hydrogens (tertiary/aromatic N) is 1. The Bertz CT molecular complexity index is 677. The van der Waals surface area contributed by atoms with Crippen LogP contribution in [0.15, 0.2) is 28.7 Å². The molecule has 0 radical (unpaired) electrons. The number of rotatable bonds is 3. The molecule has 0 atom stereocenters. The van der Waals surface area contributed by atoms with E-state index in [0.717, 1.165) is 47.3 Å². The Morgan fingerprint density at radius 2 is 2.09 bits per heavy atom. The van der Waals surface area contributed by atoms with Crippen LogP contribution in [0.1, 0.15) is 40.5 Å². The van der Waals surface area contributed by atoms with E-state index in [4.69, 9.17) is 0 Å². The molecular weight excluding hydrogens is 344 g/mol. The number of carbonyl (C=O) groups is 1. The number of aryl methyl sites for hydroxylation is 1. The summed E-state index contributed by atoms with van der Waals surface area (Å²) in [4.78, 5) is 12.3. The van der Waals surface area contributed by atoms with Crippen LogP contribution in [0.2, 0.25) is 0 Å². The number of amides is 1. The Kier molecular flexibility index (Phi) is 4.59. The number of hydrogen-bond donors (Lipinski definition) is 3. The minimum atomic E-state index is -0.182. The number of halogens is 1. The van der Waals surface area contributed by atoms with E-state index in [2.05, 4.69) is 36.8 Å². The van der Waals surface area contributed by atoms with Crippen LogP contribution < -0.4 is 10.6 Å². The molecule has 1 aromatic carbocycles. The molecule has 2 heterocycles. The molecule has 116 valence electrons. The quantitative estimate of drug-likeness (QED) is 0.784. The van der Waals surface area contributed by atoms with Crippen LogP contribution in [0.25, 0.3) is 0 Å². The molecule has 1 aromatic heterocycles. The Labute approximate surface area is 138 Å². The lowest BCUT2D eigenvalue weighted by atomic mass is 9.94. The topological polar surface area (TPSA) is 69.8 Å². The average Bonchev–Trinajstić information content (AvgIpc) is 3.02. The van der Waals surface area contributed by atoms with E-state index < -0.39 is 0 Å². The number of carbonyl (C=O) groups excluding carboxylic acids is 1. The molecule has 0 unspecified atom stereocenters. The number of piperidine rings is 1. The van der Waals surface area contributed by atoms with Gasteiger partial charge in [-0.3, -0.25) is 9.89 Å². The summed E-state index contributed by atoms with van der Waals surface area (Å²) < 4.78 is 1.03. The molecular formula is C16H19BrN4O. The zero-order chi connectivity index (χ0) is 15.5. The van der Waals surface area contributed by atoms with E-state index in [-0.39, 0.29) is 5.91 Å². The van der Waals surface area contributed by atoms with Gasteiger partial charge in [0, 0.05) is 21.8 Å². The molecule has 1 aliphatic heterocycles. The highest BCUT2D eigenvalue weighted by Crippen LogP contribution is 2.24. The maximum absolute atomic E-state index is 12.3. The van der Waals surface area contributed by atoms with Crippen LogP contribution in [0, 0.1) is 6.92 Å².